The minimum absolute atomic E-state index is 1.01. The van der Waals surface area contributed by atoms with Crippen molar-refractivity contribution in [2.24, 2.45) is 0 Å². The first kappa shape index (κ1) is 14.6. The van der Waals surface area contributed by atoms with Crippen LogP contribution in [-0.4, -0.2) is 18.6 Å². The maximum Gasteiger partial charge on any atom is 0.0701 e. The summed E-state index contributed by atoms with van der Waals surface area (Å²) in [5.74, 6) is 1.32. The highest BCUT2D eigenvalue weighted by atomic mass is 79.9. The van der Waals surface area contributed by atoms with E-state index in [4.69, 9.17) is 0 Å². The summed E-state index contributed by atoms with van der Waals surface area (Å²) in [4.78, 5) is 1.41. The topological polar surface area (TPSA) is 12.0 Å². The summed E-state index contributed by atoms with van der Waals surface area (Å²) in [5, 5.41) is 3.49. The monoisotopic (exact) mass is 321 g/mol. The first-order valence-corrected chi connectivity index (χ1v) is 8.77. The molecule has 1 heterocycles. The normalized spacial score (nSPS) is 10.9. The molecule has 0 bridgehead atoms. The van der Waals surface area contributed by atoms with Gasteiger partial charge in [0.25, 0.3) is 0 Å². The Morgan fingerprint density at radius 3 is 2.75 bits per heavy atom. The van der Waals surface area contributed by atoms with Crippen LogP contribution in [0.5, 0.6) is 0 Å². The standard InChI is InChI=1S/C12H20BrNS2/c1-15-9-5-3-2-4-8-14-10-11-6-7-12(13)16-11/h6-7,14H,2-5,8-10H2,1H3. The molecule has 0 spiro atoms. The lowest BCUT2D eigenvalue weighted by atomic mass is 10.2. The van der Waals surface area contributed by atoms with Crippen LogP contribution in [0.1, 0.15) is 30.6 Å². The van der Waals surface area contributed by atoms with E-state index in [0.717, 1.165) is 13.1 Å². The first-order valence-electron chi connectivity index (χ1n) is 5.77. The Hall–Kier alpha value is 0.490. The van der Waals surface area contributed by atoms with Crippen LogP contribution in [0.3, 0.4) is 0 Å². The van der Waals surface area contributed by atoms with Gasteiger partial charge >= 0.3 is 0 Å². The summed E-state index contributed by atoms with van der Waals surface area (Å²) in [6, 6.07) is 4.30. The van der Waals surface area contributed by atoms with Crippen LogP contribution in [0, 0.1) is 0 Å². The van der Waals surface area contributed by atoms with Crippen LogP contribution in [0.2, 0.25) is 0 Å². The maximum atomic E-state index is 3.49. The summed E-state index contributed by atoms with van der Waals surface area (Å²) < 4.78 is 1.22. The molecule has 1 nitrogen and oxygen atoms in total. The van der Waals surface area contributed by atoms with Crippen molar-refractivity contribution in [1.29, 1.82) is 0 Å². The van der Waals surface area contributed by atoms with Crippen molar-refractivity contribution < 1.29 is 0 Å². The lowest BCUT2D eigenvalue weighted by Gasteiger charge is -2.02. The average Bonchev–Trinajstić information content (AvgIpc) is 2.68. The highest BCUT2D eigenvalue weighted by Gasteiger charge is 1.96. The largest absolute Gasteiger partial charge is 0.312 e. The van der Waals surface area contributed by atoms with Crippen molar-refractivity contribution >= 4 is 39.0 Å². The second-order valence-corrected chi connectivity index (χ2v) is 7.32. The molecule has 92 valence electrons. The van der Waals surface area contributed by atoms with E-state index in [9.17, 15) is 0 Å². The van der Waals surface area contributed by atoms with Gasteiger partial charge in [-0.3, -0.25) is 0 Å². The van der Waals surface area contributed by atoms with Gasteiger partial charge in [-0.15, -0.1) is 11.3 Å². The molecule has 0 radical (unpaired) electrons. The molecule has 0 atom stereocenters. The summed E-state index contributed by atoms with van der Waals surface area (Å²) in [5.41, 5.74) is 0. The van der Waals surface area contributed by atoms with E-state index in [-0.39, 0.29) is 0 Å². The third kappa shape index (κ3) is 6.94. The van der Waals surface area contributed by atoms with Crippen LogP contribution < -0.4 is 5.32 Å². The Balaban J connectivity index is 1.88. The number of rotatable bonds is 9. The molecule has 0 aromatic carbocycles. The average molecular weight is 322 g/mol. The van der Waals surface area contributed by atoms with E-state index < -0.39 is 0 Å². The van der Waals surface area contributed by atoms with Crippen molar-refractivity contribution in [3.05, 3.63) is 20.8 Å². The minimum atomic E-state index is 1.01. The predicted molar refractivity (Wildman–Crippen MR) is 80.6 cm³/mol. The predicted octanol–water partition coefficient (Wildman–Crippen LogP) is 4.52. The SMILES string of the molecule is CSCCCCCCNCc1ccc(Br)s1. The lowest BCUT2D eigenvalue weighted by Crippen LogP contribution is -2.13. The molecule has 1 aromatic rings. The van der Waals surface area contributed by atoms with Crippen LogP contribution in [-0.2, 0) is 6.54 Å². The molecule has 1 N–H and O–H groups in total. The van der Waals surface area contributed by atoms with Gasteiger partial charge in [-0.2, -0.15) is 11.8 Å². The van der Waals surface area contributed by atoms with Crippen molar-refractivity contribution in [3.63, 3.8) is 0 Å². The number of thioether (sulfide) groups is 1. The van der Waals surface area contributed by atoms with E-state index in [1.165, 1.54) is 40.1 Å². The Morgan fingerprint density at radius 2 is 2.06 bits per heavy atom. The van der Waals surface area contributed by atoms with Gasteiger partial charge in [0.1, 0.15) is 0 Å². The molecule has 0 saturated carbocycles. The van der Waals surface area contributed by atoms with Crippen molar-refractivity contribution in [1.82, 2.24) is 5.32 Å². The van der Waals surface area contributed by atoms with E-state index >= 15 is 0 Å². The molecule has 4 heteroatoms. The van der Waals surface area contributed by atoms with Gasteiger partial charge in [-0.25, -0.2) is 0 Å². The number of hydrogen-bond donors (Lipinski definition) is 1. The first-order chi connectivity index (χ1) is 7.83. The van der Waals surface area contributed by atoms with Gasteiger partial charge < -0.3 is 5.32 Å². The number of thiophene rings is 1. The zero-order chi connectivity index (χ0) is 11.6. The zero-order valence-electron chi connectivity index (χ0n) is 9.80. The Bertz CT molecular complexity index is 276. The fraction of sp³-hybridized carbons (Fsp3) is 0.667. The van der Waals surface area contributed by atoms with Crippen LogP contribution >= 0.6 is 39.0 Å². The number of nitrogens with one attached hydrogen (secondary N) is 1. The van der Waals surface area contributed by atoms with Gasteiger partial charge in [0.2, 0.25) is 0 Å². The second kappa shape index (κ2) is 9.51. The third-order valence-electron chi connectivity index (χ3n) is 2.38. The summed E-state index contributed by atoms with van der Waals surface area (Å²) in [6.45, 7) is 2.16. The van der Waals surface area contributed by atoms with Crippen molar-refractivity contribution in [2.75, 3.05) is 18.6 Å². The third-order valence-corrected chi connectivity index (χ3v) is 4.70. The molecule has 1 rings (SSSR count). The van der Waals surface area contributed by atoms with E-state index in [2.05, 4.69) is 39.6 Å². The van der Waals surface area contributed by atoms with Crippen molar-refractivity contribution in [3.8, 4) is 0 Å². The molecule has 0 unspecified atom stereocenters. The fourth-order valence-electron chi connectivity index (χ4n) is 1.51. The number of hydrogen-bond acceptors (Lipinski definition) is 3. The quantitative estimate of drug-likeness (QED) is 0.671. The highest BCUT2D eigenvalue weighted by Crippen LogP contribution is 2.21. The molecular weight excluding hydrogens is 302 g/mol. The van der Waals surface area contributed by atoms with E-state index in [1.807, 2.05) is 23.1 Å². The Morgan fingerprint density at radius 1 is 1.25 bits per heavy atom. The summed E-state index contributed by atoms with van der Waals surface area (Å²) in [7, 11) is 0. The summed E-state index contributed by atoms with van der Waals surface area (Å²) in [6.07, 6.45) is 7.61. The zero-order valence-corrected chi connectivity index (χ0v) is 13.0. The highest BCUT2D eigenvalue weighted by molar-refractivity contribution is 9.11. The number of unbranched alkanes of at least 4 members (excludes halogenated alkanes) is 3. The molecule has 0 aliphatic carbocycles. The van der Waals surface area contributed by atoms with Crippen LogP contribution in [0.15, 0.2) is 15.9 Å². The van der Waals surface area contributed by atoms with Gasteiger partial charge in [0, 0.05) is 11.4 Å². The van der Waals surface area contributed by atoms with Gasteiger partial charge in [-0.1, -0.05) is 12.8 Å². The van der Waals surface area contributed by atoms with Gasteiger partial charge in [0.05, 0.1) is 3.79 Å². The lowest BCUT2D eigenvalue weighted by molar-refractivity contribution is 0.602. The molecule has 0 amide bonds. The molecule has 0 saturated heterocycles. The maximum absolute atomic E-state index is 3.49. The minimum Gasteiger partial charge on any atom is -0.312 e. The van der Waals surface area contributed by atoms with Crippen LogP contribution in [0.4, 0.5) is 0 Å². The van der Waals surface area contributed by atoms with Crippen molar-refractivity contribution in [2.45, 2.75) is 32.2 Å². The van der Waals surface area contributed by atoms with E-state index in [1.54, 1.807) is 0 Å². The smallest absolute Gasteiger partial charge is 0.0701 e. The second-order valence-electron chi connectivity index (χ2n) is 3.79. The molecule has 0 fully saturated rings. The molecular formula is C12H20BrNS2. The van der Waals surface area contributed by atoms with Gasteiger partial charge in [-0.05, 0) is 59.5 Å². The molecule has 0 aliphatic heterocycles. The Labute approximate surface area is 116 Å². The fourth-order valence-corrected chi connectivity index (χ4v) is 3.45. The molecule has 1 aromatic heterocycles. The molecule has 16 heavy (non-hydrogen) atoms. The summed E-state index contributed by atoms with van der Waals surface area (Å²) >= 11 is 7.24. The van der Waals surface area contributed by atoms with Gasteiger partial charge in [0.15, 0.2) is 0 Å². The molecule has 0 aliphatic rings. The van der Waals surface area contributed by atoms with Crippen LogP contribution in [0.25, 0.3) is 0 Å². The van der Waals surface area contributed by atoms with E-state index in [0.29, 0.717) is 0 Å². The Kier molecular flexibility index (Phi) is 8.65. The number of halogens is 1.